The molecule has 4 N–H and O–H groups in total. The van der Waals surface area contributed by atoms with E-state index in [-0.39, 0.29) is 28.6 Å². The summed E-state index contributed by atoms with van der Waals surface area (Å²) in [6.45, 7) is 6.75. The van der Waals surface area contributed by atoms with Gasteiger partial charge in [0.2, 0.25) is 5.71 Å². The topological polar surface area (TPSA) is 145 Å². The first-order chi connectivity index (χ1) is 12.7. The Bertz CT molecular complexity index is 880. The molecule has 9 nitrogen and oxygen atoms in total. The van der Waals surface area contributed by atoms with Crippen LogP contribution in [0, 0.1) is 16.7 Å². The van der Waals surface area contributed by atoms with Crippen molar-refractivity contribution < 1.29 is 13.2 Å². The maximum atomic E-state index is 12.2. The molecule has 0 bridgehead atoms. The first-order valence-electron chi connectivity index (χ1n) is 8.53. The van der Waals surface area contributed by atoms with E-state index in [1.165, 1.54) is 6.07 Å². The van der Waals surface area contributed by atoms with Crippen molar-refractivity contribution in [3.63, 3.8) is 0 Å². The molecule has 0 amide bonds. The van der Waals surface area contributed by atoms with Gasteiger partial charge in [0.1, 0.15) is 6.07 Å². The molecule has 2 unspecified atom stereocenters. The van der Waals surface area contributed by atoms with E-state index in [9.17, 15) is 8.42 Å². The summed E-state index contributed by atoms with van der Waals surface area (Å²) in [6, 6.07) is 6.48. The van der Waals surface area contributed by atoms with Crippen LogP contribution in [-0.2, 0) is 14.6 Å². The van der Waals surface area contributed by atoms with Gasteiger partial charge in [0, 0.05) is 13.1 Å². The van der Waals surface area contributed by atoms with E-state index in [4.69, 9.17) is 21.1 Å². The van der Waals surface area contributed by atoms with Crippen LogP contribution in [0.15, 0.2) is 28.2 Å². The average molecular weight is 392 g/mol. The van der Waals surface area contributed by atoms with Gasteiger partial charge in [-0.15, -0.1) is 0 Å². The lowest BCUT2D eigenvalue weighted by atomic mass is 10.1. The maximum absolute atomic E-state index is 12.2. The van der Waals surface area contributed by atoms with E-state index in [0.29, 0.717) is 18.8 Å². The molecular weight excluding hydrogens is 368 g/mol. The first kappa shape index (κ1) is 20.7. The number of rotatable bonds is 6. The third-order valence-electron chi connectivity index (χ3n) is 4.12. The Labute approximate surface area is 159 Å². The molecule has 2 atom stereocenters. The molecule has 1 aliphatic rings. The van der Waals surface area contributed by atoms with E-state index in [1.54, 1.807) is 25.1 Å². The van der Waals surface area contributed by atoms with Crippen molar-refractivity contribution in [3.8, 4) is 6.07 Å². The zero-order chi connectivity index (χ0) is 20.2. The molecule has 1 saturated heterocycles. The lowest BCUT2D eigenvalue weighted by Gasteiger charge is -2.37. The molecule has 2 rings (SSSR count). The minimum Gasteiger partial charge on any atom is -0.382 e. The number of hydrogen-bond acceptors (Lipinski definition) is 8. The number of nitrogens with zero attached hydrogens (tertiary/aromatic N) is 3. The third-order valence-corrected chi connectivity index (χ3v) is 5.85. The number of morpholine rings is 1. The van der Waals surface area contributed by atoms with Crippen LogP contribution in [0.2, 0.25) is 0 Å². The third kappa shape index (κ3) is 4.96. The van der Waals surface area contributed by atoms with E-state index in [2.05, 4.69) is 15.4 Å². The summed E-state index contributed by atoms with van der Waals surface area (Å²) in [6.07, 6.45) is 0.0204. The number of amidine groups is 1. The predicted octanol–water partition coefficient (Wildman–Crippen LogP) is 1.32. The number of sulfone groups is 1. The highest BCUT2D eigenvalue weighted by Gasteiger charge is 2.25. The molecule has 0 spiro atoms. The SMILES string of the molecule is CCS(=O)(=O)c1ccc(N2CC(C)OC(C)C2)c(N/N=C(\C#N)C(=N)N)c1. The quantitative estimate of drug-likeness (QED) is 0.376. The Morgan fingerprint density at radius 1 is 1.44 bits per heavy atom. The van der Waals surface area contributed by atoms with Crippen LogP contribution < -0.4 is 16.1 Å². The minimum absolute atomic E-state index is 0.0102. The van der Waals surface area contributed by atoms with E-state index >= 15 is 0 Å². The number of nitriles is 1. The average Bonchev–Trinajstić information content (AvgIpc) is 2.61. The van der Waals surface area contributed by atoms with Crippen LogP contribution in [0.5, 0.6) is 0 Å². The van der Waals surface area contributed by atoms with Crippen molar-refractivity contribution in [2.24, 2.45) is 10.8 Å². The molecule has 0 saturated carbocycles. The lowest BCUT2D eigenvalue weighted by molar-refractivity contribution is -0.00518. The molecule has 0 radical (unpaired) electrons. The molecular formula is C17H24N6O3S. The summed E-state index contributed by atoms with van der Waals surface area (Å²) in [5.74, 6) is -0.505. The van der Waals surface area contributed by atoms with Gasteiger partial charge in [0.25, 0.3) is 0 Å². The number of anilines is 2. The number of nitrogens with two attached hydrogens (primary N) is 1. The largest absolute Gasteiger partial charge is 0.382 e. The Morgan fingerprint density at radius 3 is 2.59 bits per heavy atom. The molecule has 10 heteroatoms. The van der Waals surface area contributed by atoms with E-state index in [0.717, 1.165) is 5.69 Å². The van der Waals surface area contributed by atoms with Gasteiger partial charge in [-0.3, -0.25) is 10.8 Å². The molecule has 1 heterocycles. The molecule has 1 aliphatic heterocycles. The summed E-state index contributed by atoms with van der Waals surface area (Å²) in [4.78, 5) is 2.22. The fraction of sp³-hybridized carbons (Fsp3) is 0.471. The summed E-state index contributed by atoms with van der Waals surface area (Å²) in [7, 11) is -3.41. The standard InChI is InChI=1S/C17H24N6O3S/c1-4-27(24,25)13-5-6-16(23-9-11(2)26-12(3)10-23)14(7-13)21-22-15(8-18)17(19)20/h5-7,11-12,21H,4,9-10H2,1-3H3,(H3,19,20)/b22-15+. The van der Waals surface area contributed by atoms with Gasteiger partial charge in [-0.25, -0.2) is 8.42 Å². The molecule has 0 aromatic heterocycles. The highest BCUT2D eigenvalue weighted by Crippen LogP contribution is 2.31. The van der Waals surface area contributed by atoms with Crippen LogP contribution in [0.25, 0.3) is 0 Å². The second kappa shape index (κ2) is 8.37. The lowest BCUT2D eigenvalue weighted by Crippen LogP contribution is -2.45. The van der Waals surface area contributed by atoms with E-state index < -0.39 is 15.7 Å². The van der Waals surface area contributed by atoms with Gasteiger partial charge >= 0.3 is 0 Å². The van der Waals surface area contributed by atoms with Gasteiger partial charge in [-0.1, -0.05) is 6.92 Å². The molecule has 1 fully saturated rings. The van der Waals surface area contributed by atoms with Gasteiger partial charge in [0.05, 0.1) is 34.2 Å². The van der Waals surface area contributed by atoms with Crippen molar-refractivity contribution in [1.82, 2.24) is 0 Å². The van der Waals surface area contributed by atoms with Crippen LogP contribution in [0.1, 0.15) is 20.8 Å². The summed E-state index contributed by atoms with van der Waals surface area (Å²) in [5.41, 5.74) is 8.89. The van der Waals surface area contributed by atoms with Crippen LogP contribution in [0.4, 0.5) is 11.4 Å². The Balaban J connectivity index is 2.49. The number of nitrogens with one attached hydrogen (secondary N) is 2. The van der Waals surface area contributed by atoms with E-state index in [1.807, 2.05) is 13.8 Å². The summed E-state index contributed by atoms with van der Waals surface area (Å²) >= 11 is 0. The van der Waals surface area contributed by atoms with Crippen LogP contribution in [0.3, 0.4) is 0 Å². The fourth-order valence-corrected chi connectivity index (χ4v) is 3.78. The van der Waals surface area contributed by atoms with Crippen molar-refractivity contribution in [2.45, 2.75) is 37.9 Å². The van der Waals surface area contributed by atoms with Gasteiger partial charge in [0.15, 0.2) is 15.7 Å². The Morgan fingerprint density at radius 2 is 2.07 bits per heavy atom. The molecule has 0 aliphatic carbocycles. The van der Waals surface area contributed by atoms with Crippen molar-refractivity contribution in [2.75, 3.05) is 29.2 Å². The second-order valence-corrected chi connectivity index (χ2v) is 8.62. The van der Waals surface area contributed by atoms with Gasteiger partial charge in [-0.05, 0) is 32.0 Å². The normalized spacial score (nSPS) is 20.8. The maximum Gasteiger partial charge on any atom is 0.201 e. The zero-order valence-electron chi connectivity index (χ0n) is 15.6. The molecule has 1 aromatic rings. The van der Waals surface area contributed by atoms with Gasteiger partial charge < -0.3 is 15.4 Å². The predicted molar refractivity (Wildman–Crippen MR) is 105 cm³/mol. The molecule has 1 aromatic carbocycles. The van der Waals surface area contributed by atoms with Crippen LogP contribution in [-0.4, -0.2) is 51.0 Å². The van der Waals surface area contributed by atoms with Gasteiger partial charge in [-0.2, -0.15) is 10.4 Å². The fourth-order valence-electron chi connectivity index (χ4n) is 2.88. The minimum atomic E-state index is -3.41. The van der Waals surface area contributed by atoms with Crippen molar-refractivity contribution in [1.29, 1.82) is 10.7 Å². The zero-order valence-corrected chi connectivity index (χ0v) is 16.4. The second-order valence-electron chi connectivity index (χ2n) is 6.34. The highest BCUT2D eigenvalue weighted by molar-refractivity contribution is 7.91. The summed E-state index contributed by atoms with van der Waals surface area (Å²) in [5, 5.41) is 20.2. The first-order valence-corrected chi connectivity index (χ1v) is 10.2. The monoisotopic (exact) mass is 392 g/mol. The Kier molecular flexibility index (Phi) is 6.41. The van der Waals surface area contributed by atoms with Crippen LogP contribution >= 0.6 is 0 Å². The Hall–Kier alpha value is -2.64. The number of hydrogen-bond donors (Lipinski definition) is 3. The van der Waals surface area contributed by atoms with Crippen molar-refractivity contribution in [3.05, 3.63) is 18.2 Å². The highest BCUT2D eigenvalue weighted by atomic mass is 32.2. The molecule has 27 heavy (non-hydrogen) atoms. The number of hydrazone groups is 1. The number of ether oxygens (including phenoxy) is 1. The van der Waals surface area contributed by atoms with Crippen molar-refractivity contribution >= 4 is 32.8 Å². The summed E-state index contributed by atoms with van der Waals surface area (Å²) < 4.78 is 30.2. The molecule has 146 valence electrons. The number of benzene rings is 1. The smallest absolute Gasteiger partial charge is 0.201 e.